The van der Waals surface area contributed by atoms with Crippen LogP contribution >= 0.6 is 0 Å². The maximum absolute atomic E-state index is 12.9. The number of rotatable bonds is 9. The van der Waals surface area contributed by atoms with E-state index in [-0.39, 0.29) is 5.54 Å². The summed E-state index contributed by atoms with van der Waals surface area (Å²) in [4.78, 5) is 27.8. The number of esters is 1. The van der Waals surface area contributed by atoms with Gasteiger partial charge in [0.25, 0.3) is 0 Å². The zero-order chi connectivity index (χ0) is 29.9. The van der Waals surface area contributed by atoms with Crippen molar-refractivity contribution in [3.05, 3.63) is 101 Å². The molecular weight excluding hydrogens is 530 g/mol. The quantitative estimate of drug-likeness (QED) is 0.0936. The van der Waals surface area contributed by atoms with Crippen LogP contribution in [-0.2, 0) is 11.4 Å². The van der Waals surface area contributed by atoms with Crippen LogP contribution in [0.1, 0.15) is 48.0 Å². The average Bonchev–Trinajstić information content (AvgIpc) is 2.96. The van der Waals surface area contributed by atoms with Gasteiger partial charge < -0.3 is 25.0 Å². The highest BCUT2D eigenvalue weighted by Crippen LogP contribution is 2.43. The molecule has 1 aliphatic heterocycles. The standard InChI is InChI=1S/C34H35N3O5/c1-21-19-34(3,4)37-29-16-15-25(27(32(21)29)20-36-28-11-7-8-12-30(28)39-5)26-14-13-23(18-31(26)42-40-6)41-33(38)24-10-9-17-35-22(24)2/h7-19,36-37H,20H2,1-6H3. The van der Waals surface area contributed by atoms with E-state index >= 15 is 0 Å². The second-order valence-corrected chi connectivity index (χ2v) is 10.7. The molecule has 8 heteroatoms. The minimum absolute atomic E-state index is 0.186. The van der Waals surface area contributed by atoms with Crippen LogP contribution < -0.4 is 25.0 Å². The monoisotopic (exact) mass is 565 g/mol. The third-order valence-corrected chi connectivity index (χ3v) is 7.16. The number of hydrogen-bond acceptors (Lipinski definition) is 8. The van der Waals surface area contributed by atoms with Crippen LogP contribution in [0.15, 0.2) is 79.0 Å². The van der Waals surface area contributed by atoms with E-state index < -0.39 is 5.97 Å². The van der Waals surface area contributed by atoms with E-state index in [0.29, 0.717) is 29.3 Å². The Hall–Kier alpha value is -4.82. The van der Waals surface area contributed by atoms with Crippen LogP contribution in [0, 0.1) is 6.92 Å². The molecule has 0 unspecified atom stereocenters. The third-order valence-electron chi connectivity index (χ3n) is 7.16. The second kappa shape index (κ2) is 12.0. The summed E-state index contributed by atoms with van der Waals surface area (Å²) in [7, 11) is 3.10. The average molecular weight is 566 g/mol. The lowest BCUT2D eigenvalue weighted by atomic mass is 9.85. The van der Waals surface area contributed by atoms with Crippen LogP contribution in [0.2, 0.25) is 0 Å². The molecule has 0 amide bonds. The molecule has 0 aliphatic carbocycles. The molecule has 0 spiro atoms. The van der Waals surface area contributed by atoms with Crippen molar-refractivity contribution in [2.24, 2.45) is 0 Å². The summed E-state index contributed by atoms with van der Waals surface area (Å²) in [6, 6.07) is 20.7. The van der Waals surface area contributed by atoms with E-state index in [2.05, 4.69) is 54.6 Å². The molecule has 0 radical (unpaired) electrons. The summed E-state index contributed by atoms with van der Waals surface area (Å²) in [5, 5.41) is 7.22. The minimum Gasteiger partial charge on any atom is -0.495 e. The van der Waals surface area contributed by atoms with E-state index in [0.717, 1.165) is 39.4 Å². The SMILES string of the molecule is COOc1cc(OC(=O)c2cccnc2C)ccc1-c1ccc2c(c1CNc1ccccc1OC)C(C)=CC(C)(C)N2. The van der Waals surface area contributed by atoms with Gasteiger partial charge in [-0.2, -0.15) is 4.89 Å². The number of nitrogens with zero attached hydrogens (tertiary/aromatic N) is 1. The molecule has 1 aliphatic rings. The zero-order valence-corrected chi connectivity index (χ0v) is 24.7. The summed E-state index contributed by atoms with van der Waals surface area (Å²) < 4.78 is 11.3. The molecule has 2 N–H and O–H groups in total. The number of para-hydroxylation sites is 2. The lowest BCUT2D eigenvalue weighted by molar-refractivity contribution is -0.177. The van der Waals surface area contributed by atoms with Crippen molar-refractivity contribution in [2.45, 2.75) is 39.8 Å². The van der Waals surface area contributed by atoms with Crippen molar-refractivity contribution in [3.63, 3.8) is 0 Å². The smallest absolute Gasteiger partial charge is 0.345 e. The van der Waals surface area contributed by atoms with Crippen LogP contribution in [-0.4, -0.2) is 30.7 Å². The first-order chi connectivity index (χ1) is 20.2. The van der Waals surface area contributed by atoms with Crippen molar-refractivity contribution < 1.29 is 24.0 Å². The normalized spacial score (nSPS) is 13.3. The number of pyridine rings is 1. The Morgan fingerprint density at radius 2 is 1.74 bits per heavy atom. The summed E-state index contributed by atoms with van der Waals surface area (Å²) >= 11 is 0. The summed E-state index contributed by atoms with van der Waals surface area (Å²) in [6.45, 7) is 8.71. The number of anilines is 2. The first kappa shape index (κ1) is 28.7. The fraction of sp³-hybridized carbons (Fsp3) is 0.235. The van der Waals surface area contributed by atoms with Gasteiger partial charge in [0.15, 0.2) is 5.75 Å². The fourth-order valence-electron chi connectivity index (χ4n) is 5.42. The molecule has 4 aromatic rings. The Kier molecular flexibility index (Phi) is 8.17. The molecule has 2 heterocycles. The zero-order valence-electron chi connectivity index (χ0n) is 24.7. The van der Waals surface area contributed by atoms with Crippen molar-refractivity contribution in [2.75, 3.05) is 24.9 Å². The molecule has 216 valence electrons. The Morgan fingerprint density at radius 1 is 0.952 bits per heavy atom. The lowest BCUT2D eigenvalue weighted by Crippen LogP contribution is -2.32. The maximum Gasteiger partial charge on any atom is 0.345 e. The Morgan fingerprint density at radius 3 is 2.50 bits per heavy atom. The number of aryl methyl sites for hydroxylation is 1. The highest BCUT2D eigenvalue weighted by molar-refractivity contribution is 5.92. The summed E-state index contributed by atoms with van der Waals surface area (Å²) in [6.07, 6.45) is 3.87. The highest BCUT2D eigenvalue weighted by atomic mass is 17.2. The van der Waals surface area contributed by atoms with Gasteiger partial charge in [-0.25, -0.2) is 4.79 Å². The molecule has 1 aromatic heterocycles. The summed E-state index contributed by atoms with van der Waals surface area (Å²) in [5.74, 6) is 0.996. The van der Waals surface area contributed by atoms with Gasteiger partial charge >= 0.3 is 5.97 Å². The first-order valence-corrected chi connectivity index (χ1v) is 13.7. The van der Waals surface area contributed by atoms with Gasteiger partial charge in [-0.05, 0) is 86.9 Å². The first-order valence-electron chi connectivity index (χ1n) is 13.7. The molecule has 8 nitrogen and oxygen atoms in total. The predicted molar refractivity (Wildman–Crippen MR) is 165 cm³/mol. The summed E-state index contributed by atoms with van der Waals surface area (Å²) in [5.41, 5.74) is 7.80. The van der Waals surface area contributed by atoms with E-state index in [1.807, 2.05) is 30.3 Å². The number of carbonyl (C=O) groups excluding carboxylic acids is 1. The maximum atomic E-state index is 12.9. The van der Waals surface area contributed by atoms with E-state index in [1.54, 1.807) is 44.5 Å². The van der Waals surface area contributed by atoms with Crippen molar-refractivity contribution in [3.8, 4) is 28.4 Å². The van der Waals surface area contributed by atoms with Crippen molar-refractivity contribution in [1.29, 1.82) is 0 Å². The third kappa shape index (κ3) is 5.94. The number of hydrogen-bond donors (Lipinski definition) is 2. The van der Waals surface area contributed by atoms with E-state index in [1.165, 1.54) is 12.7 Å². The van der Waals surface area contributed by atoms with E-state index in [9.17, 15) is 4.79 Å². The molecule has 0 fully saturated rings. The van der Waals surface area contributed by atoms with Gasteiger partial charge in [-0.1, -0.05) is 24.3 Å². The number of fused-ring (bicyclic) bond motifs is 1. The molecule has 0 bridgehead atoms. The van der Waals surface area contributed by atoms with Gasteiger partial charge in [0, 0.05) is 35.6 Å². The molecule has 42 heavy (non-hydrogen) atoms. The molecule has 0 saturated carbocycles. The van der Waals surface area contributed by atoms with Gasteiger partial charge in [-0.15, -0.1) is 0 Å². The van der Waals surface area contributed by atoms with Gasteiger partial charge in [0.2, 0.25) is 0 Å². The Labute approximate surface area is 246 Å². The van der Waals surface area contributed by atoms with Crippen LogP contribution in [0.3, 0.4) is 0 Å². The van der Waals surface area contributed by atoms with Gasteiger partial charge in [-0.3, -0.25) is 4.98 Å². The van der Waals surface area contributed by atoms with Gasteiger partial charge in [0.05, 0.1) is 36.7 Å². The van der Waals surface area contributed by atoms with Gasteiger partial charge in [0.1, 0.15) is 11.5 Å². The minimum atomic E-state index is -0.498. The number of benzene rings is 3. The fourth-order valence-corrected chi connectivity index (χ4v) is 5.42. The largest absolute Gasteiger partial charge is 0.495 e. The topological polar surface area (TPSA) is 90.9 Å². The Balaban J connectivity index is 1.58. The number of methoxy groups -OCH3 is 1. The second-order valence-electron chi connectivity index (χ2n) is 10.7. The molecule has 0 saturated heterocycles. The van der Waals surface area contributed by atoms with Crippen LogP contribution in [0.4, 0.5) is 11.4 Å². The number of nitrogens with one attached hydrogen (secondary N) is 2. The molecular formula is C34H35N3O5. The van der Waals surface area contributed by atoms with Crippen LogP contribution in [0.25, 0.3) is 16.7 Å². The van der Waals surface area contributed by atoms with Crippen LogP contribution in [0.5, 0.6) is 17.2 Å². The highest BCUT2D eigenvalue weighted by Gasteiger charge is 2.27. The lowest BCUT2D eigenvalue weighted by Gasteiger charge is -2.33. The number of aromatic nitrogens is 1. The van der Waals surface area contributed by atoms with Crippen molar-refractivity contribution >= 4 is 22.9 Å². The van der Waals surface area contributed by atoms with E-state index in [4.69, 9.17) is 19.2 Å². The molecule has 5 rings (SSSR count). The Bertz CT molecular complexity index is 1660. The molecule has 3 aromatic carbocycles. The predicted octanol–water partition coefficient (Wildman–Crippen LogP) is 7.44. The number of carbonyl (C=O) groups is 1. The van der Waals surface area contributed by atoms with Crippen molar-refractivity contribution in [1.82, 2.24) is 4.98 Å². The number of ether oxygens (including phenoxy) is 2. The number of allylic oxidation sites excluding steroid dienone is 1. The molecule has 0 atom stereocenters.